The van der Waals surface area contributed by atoms with Crippen LogP contribution < -0.4 is 10.2 Å². The molecule has 106 valence electrons. The standard InChI is InChI=1S/C15H13BFNO3/c1-10-6-13(16(19)20)3-5-15(10)21-9-12-7-14(17)4-2-11(12)8-18/h2-7,19-20H,9H2,1H3. The number of hydrogen-bond acceptors (Lipinski definition) is 4. The minimum absolute atomic E-state index is 0.0581. The molecule has 4 nitrogen and oxygen atoms in total. The molecule has 0 spiro atoms. The molecule has 6 heteroatoms. The van der Waals surface area contributed by atoms with Gasteiger partial charge in [0, 0.05) is 5.56 Å². The molecule has 0 fully saturated rings. The fourth-order valence-electron chi connectivity index (χ4n) is 1.94. The SMILES string of the molecule is Cc1cc(B(O)O)ccc1OCc1cc(F)ccc1C#N. The fourth-order valence-corrected chi connectivity index (χ4v) is 1.94. The highest BCUT2D eigenvalue weighted by atomic mass is 19.1. The topological polar surface area (TPSA) is 73.5 Å². The monoisotopic (exact) mass is 285 g/mol. The van der Waals surface area contributed by atoms with Crippen LogP contribution in [0.25, 0.3) is 0 Å². The molecule has 2 rings (SSSR count). The average molecular weight is 285 g/mol. The molecule has 0 radical (unpaired) electrons. The third-order valence-corrected chi connectivity index (χ3v) is 3.07. The Bertz CT molecular complexity index is 698. The van der Waals surface area contributed by atoms with E-state index >= 15 is 0 Å². The van der Waals surface area contributed by atoms with Crippen LogP contribution >= 0.6 is 0 Å². The van der Waals surface area contributed by atoms with Gasteiger partial charge in [-0.05, 0) is 42.2 Å². The van der Waals surface area contributed by atoms with Gasteiger partial charge in [-0.25, -0.2) is 4.39 Å². The molecule has 0 aromatic heterocycles. The third-order valence-electron chi connectivity index (χ3n) is 3.07. The zero-order valence-corrected chi connectivity index (χ0v) is 11.4. The van der Waals surface area contributed by atoms with Gasteiger partial charge in [-0.15, -0.1) is 0 Å². The Labute approximate surface area is 122 Å². The van der Waals surface area contributed by atoms with Crippen LogP contribution in [0.3, 0.4) is 0 Å². The first-order valence-electron chi connectivity index (χ1n) is 6.29. The second-order valence-corrected chi connectivity index (χ2v) is 4.60. The van der Waals surface area contributed by atoms with Crippen molar-refractivity contribution in [1.82, 2.24) is 0 Å². The number of nitriles is 1. The van der Waals surface area contributed by atoms with E-state index in [4.69, 9.17) is 20.0 Å². The number of rotatable bonds is 4. The van der Waals surface area contributed by atoms with Crippen LogP contribution in [0.15, 0.2) is 36.4 Å². The number of nitrogens with zero attached hydrogens (tertiary/aromatic N) is 1. The third kappa shape index (κ3) is 3.60. The summed E-state index contributed by atoms with van der Waals surface area (Å²) >= 11 is 0. The van der Waals surface area contributed by atoms with Gasteiger partial charge in [0.1, 0.15) is 18.2 Å². The Morgan fingerprint density at radius 2 is 2.00 bits per heavy atom. The van der Waals surface area contributed by atoms with Crippen molar-refractivity contribution in [2.45, 2.75) is 13.5 Å². The lowest BCUT2D eigenvalue weighted by atomic mass is 9.79. The van der Waals surface area contributed by atoms with E-state index in [1.807, 2.05) is 6.07 Å². The second kappa shape index (κ2) is 6.40. The van der Waals surface area contributed by atoms with Crippen LogP contribution in [0.4, 0.5) is 4.39 Å². The Morgan fingerprint density at radius 1 is 1.24 bits per heavy atom. The van der Waals surface area contributed by atoms with Crippen LogP contribution in [0, 0.1) is 24.1 Å². The molecule has 2 aromatic carbocycles. The summed E-state index contributed by atoms with van der Waals surface area (Å²) in [6.45, 7) is 1.82. The van der Waals surface area contributed by atoms with E-state index in [1.54, 1.807) is 19.1 Å². The molecule has 21 heavy (non-hydrogen) atoms. The minimum atomic E-state index is -1.54. The number of hydrogen-bond donors (Lipinski definition) is 2. The van der Waals surface area contributed by atoms with E-state index in [-0.39, 0.29) is 6.61 Å². The van der Waals surface area contributed by atoms with Crippen molar-refractivity contribution in [2.75, 3.05) is 0 Å². The van der Waals surface area contributed by atoms with E-state index in [9.17, 15) is 4.39 Å². The molecule has 0 aliphatic carbocycles. The zero-order valence-electron chi connectivity index (χ0n) is 11.4. The largest absolute Gasteiger partial charge is 0.489 e. The molecule has 0 bridgehead atoms. The van der Waals surface area contributed by atoms with Gasteiger partial charge in [0.25, 0.3) is 0 Å². The molecule has 2 aromatic rings. The second-order valence-electron chi connectivity index (χ2n) is 4.60. The highest BCUT2D eigenvalue weighted by Crippen LogP contribution is 2.19. The molecule has 0 atom stereocenters. The summed E-state index contributed by atoms with van der Waals surface area (Å²) in [5.74, 6) is 0.107. The van der Waals surface area contributed by atoms with Gasteiger partial charge in [0.15, 0.2) is 0 Å². The molecular weight excluding hydrogens is 272 g/mol. The van der Waals surface area contributed by atoms with Gasteiger partial charge in [0.2, 0.25) is 0 Å². The lowest BCUT2D eigenvalue weighted by Gasteiger charge is -2.11. The number of aryl methyl sites for hydroxylation is 1. The van der Waals surface area contributed by atoms with Crippen LogP contribution in [0.2, 0.25) is 0 Å². The van der Waals surface area contributed by atoms with Gasteiger partial charge >= 0.3 is 7.12 Å². The summed E-state index contributed by atoms with van der Waals surface area (Å²) in [5.41, 5.74) is 1.90. The first-order chi connectivity index (χ1) is 10.0. The molecule has 0 heterocycles. The maximum atomic E-state index is 13.2. The lowest BCUT2D eigenvalue weighted by Crippen LogP contribution is -2.29. The van der Waals surface area contributed by atoms with Crippen molar-refractivity contribution in [2.24, 2.45) is 0 Å². The van der Waals surface area contributed by atoms with Crippen LogP contribution in [-0.2, 0) is 6.61 Å². The minimum Gasteiger partial charge on any atom is -0.489 e. The maximum Gasteiger partial charge on any atom is 0.488 e. The molecule has 0 unspecified atom stereocenters. The summed E-state index contributed by atoms with van der Waals surface area (Å²) in [7, 11) is -1.54. The van der Waals surface area contributed by atoms with Crippen molar-refractivity contribution >= 4 is 12.6 Å². The lowest BCUT2D eigenvalue weighted by molar-refractivity contribution is 0.303. The Morgan fingerprint density at radius 3 is 2.62 bits per heavy atom. The van der Waals surface area contributed by atoms with Crippen molar-refractivity contribution in [1.29, 1.82) is 5.26 Å². The van der Waals surface area contributed by atoms with Gasteiger partial charge < -0.3 is 14.8 Å². The quantitative estimate of drug-likeness (QED) is 0.829. The fraction of sp³-hybridized carbons (Fsp3) is 0.133. The summed E-state index contributed by atoms with van der Waals surface area (Å²) < 4.78 is 18.8. The summed E-state index contributed by atoms with van der Waals surface area (Å²) in [5, 5.41) is 27.1. The highest BCUT2D eigenvalue weighted by Gasteiger charge is 2.13. The number of halogens is 1. The highest BCUT2D eigenvalue weighted by molar-refractivity contribution is 6.58. The maximum absolute atomic E-state index is 13.2. The van der Waals surface area contributed by atoms with Crippen molar-refractivity contribution in [3.63, 3.8) is 0 Å². The average Bonchev–Trinajstić information content (AvgIpc) is 2.46. The van der Waals surface area contributed by atoms with Gasteiger partial charge in [-0.1, -0.05) is 12.1 Å². The van der Waals surface area contributed by atoms with Gasteiger partial charge in [-0.2, -0.15) is 5.26 Å². The van der Waals surface area contributed by atoms with E-state index in [0.717, 1.165) is 5.56 Å². The van der Waals surface area contributed by atoms with Crippen molar-refractivity contribution < 1.29 is 19.2 Å². The number of ether oxygens (including phenoxy) is 1. The summed E-state index contributed by atoms with van der Waals surface area (Å²) in [6.07, 6.45) is 0. The zero-order chi connectivity index (χ0) is 15.4. The van der Waals surface area contributed by atoms with E-state index in [2.05, 4.69) is 0 Å². The molecule has 0 aliphatic heterocycles. The molecule has 0 saturated heterocycles. The molecule has 2 N–H and O–H groups in total. The first-order valence-corrected chi connectivity index (χ1v) is 6.29. The predicted molar refractivity (Wildman–Crippen MR) is 76.5 cm³/mol. The van der Waals surface area contributed by atoms with Crippen molar-refractivity contribution in [3.05, 3.63) is 58.9 Å². The van der Waals surface area contributed by atoms with Crippen LogP contribution in [0.1, 0.15) is 16.7 Å². The van der Waals surface area contributed by atoms with E-state index < -0.39 is 12.9 Å². The van der Waals surface area contributed by atoms with Crippen LogP contribution in [0.5, 0.6) is 5.75 Å². The van der Waals surface area contributed by atoms with Gasteiger partial charge in [0.05, 0.1) is 11.6 Å². The first kappa shape index (κ1) is 15.0. The van der Waals surface area contributed by atoms with E-state index in [0.29, 0.717) is 22.3 Å². The molecule has 0 amide bonds. The predicted octanol–water partition coefficient (Wildman–Crippen LogP) is 1.26. The molecule has 0 aliphatic rings. The molecule has 0 saturated carbocycles. The Hall–Kier alpha value is -2.36. The van der Waals surface area contributed by atoms with Crippen LogP contribution in [-0.4, -0.2) is 17.2 Å². The normalized spacial score (nSPS) is 10.0. The summed E-state index contributed by atoms with van der Waals surface area (Å²) in [6, 6.07) is 10.6. The molecular formula is C15H13BFNO3. The Kier molecular flexibility index (Phi) is 4.58. The summed E-state index contributed by atoms with van der Waals surface area (Å²) in [4.78, 5) is 0. The van der Waals surface area contributed by atoms with E-state index in [1.165, 1.54) is 24.3 Å². The van der Waals surface area contributed by atoms with Gasteiger partial charge in [-0.3, -0.25) is 0 Å². The van der Waals surface area contributed by atoms with Crippen molar-refractivity contribution in [3.8, 4) is 11.8 Å². The number of benzene rings is 2. The Balaban J connectivity index is 2.17. The smallest absolute Gasteiger partial charge is 0.488 e.